The third kappa shape index (κ3) is 2.44. The summed E-state index contributed by atoms with van der Waals surface area (Å²) >= 11 is 0. The van der Waals surface area contributed by atoms with E-state index in [0.717, 1.165) is 16.8 Å². The van der Waals surface area contributed by atoms with Gasteiger partial charge in [-0.2, -0.15) is 0 Å². The SMILES string of the molecule is Cc1nc(N)nc2c1/C(=N/O)CC(c1ccc(F)cc1)C2. The Labute approximate surface area is 121 Å². The Hall–Kier alpha value is -2.50. The molecule has 5 nitrogen and oxygen atoms in total. The number of rotatable bonds is 1. The van der Waals surface area contributed by atoms with Crippen molar-refractivity contribution in [1.82, 2.24) is 9.97 Å². The monoisotopic (exact) mass is 286 g/mol. The maximum Gasteiger partial charge on any atom is 0.220 e. The van der Waals surface area contributed by atoms with Gasteiger partial charge in [0.25, 0.3) is 0 Å². The van der Waals surface area contributed by atoms with E-state index in [0.29, 0.717) is 24.2 Å². The molecule has 21 heavy (non-hydrogen) atoms. The van der Waals surface area contributed by atoms with Gasteiger partial charge in [-0.3, -0.25) is 0 Å². The van der Waals surface area contributed by atoms with Crippen LogP contribution in [-0.4, -0.2) is 20.9 Å². The third-order valence-electron chi connectivity index (χ3n) is 3.81. The lowest BCUT2D eigenvalue weighted by atomic mass is 9.81. The number of nitrogens with two attached hydrogens (primary N) is 1. The van der Waals surface area contributed by atoms with E-state index in [1.807, 2.05) is 6.92 Å². The number of halogens is 1. The van der Waals surface area contributed by atoms with E-state index >= 15 is 0 Å². The minimum absolute atomic E-state index is 0.0812. The minimum Gasteiger partial charge on any atom is -0.411 e. The second-order valence-electron chi connectivity index (χ2n) is 5.19. The normalized spacial score (nSPS) is 19.5. The standard InChI is InChI=1S/C15H15FN4O/c1-8-14-12(19-15(17)18-8)6-10(7-13(14)20-21)9-2-4-11(16)5-3-9/h2-5,10,21H,6-7H2,1H3,(H2,17,18,19)/b20-13+. The first-order valence-electron chi connectivity index (χ1n) is 6.68. The van der Waals surface area contributed by atoms with Gasteiger partial charge in [-0.05, 0) is 37.0 Å². The number of oxime groups is 1. The van der Waals surface area contributed by atoms with E-state index in [4.69, 9.17) is 5.73 Å². The maximum atomic E-state index is 13.0. The van der Waals surface area contributed by atoms with E-state index in [2.05, 4.69) is 15.1 Å². The van der Waals surface area contributed by atoms with Crippen LogP contribution in [0.15, 0.2) is 29.4 Å². The molecule has 2 aromatic rings. The molecule has 0 amide bonds. The minimum atomic E-state index is -0.270. The van der Waals surface area contributed by atoms with E-state index in [1.165, 1.54) is 12.1 Å². The molecule has 0 fully saturated rings. The fourth-order valence-electron chi connectivity index (χ4n) is 2.88. The zero-order valence-electron chi connectivity index (χ0n) is 11.5. The van der Waals surface area contributed by atoms with Crippen LogP contribution < -0.4 is 5.73 Å². The van der Waals surface area contributed by atoms with E-state index in [-0.39, 0.29) is 17.7 Å². The number of nitrogens with zero attached hydrogens (tertiary/aromatic N) is 3. The Balaban J connectivity index is 2.04. The van der Waals surface area contributed by atoms with Crippen LogP contribution in [0.5, 0.6) is 0 Å². The molecule has 0 saturated carbocycles. The Morgan fingerprint density at radius 3 is 2.62 bits per heavy atom. The van der Waals surface area contributed by atoms with Crippen molar-refractivity contribution >= 4 is 11.7 Å². The number of anilines is 1. The molecule has 0 spiro atoms. The largest absolute Gasteiger partial charge is 0.411 e. The molecule has 0 saturated heterocycles. The average molecular weight is 286 g/mol. The van der Waals surface area contributed by atoms with Gasteiger partial charge in [0.15, 0.2) is 0 Å². The van der Waals surface area contributed by atoms with Gasteiger partial charge in [-0.25, -0.2) is 14.4 Å². The number of aryl methyl sites for hydroxylation is 1. The van der Waals surface area contributed by atoms with Crippen LogP contribution in [-0.2, 0) is 6.42 Å². The second kappa shape index (κ2) is 5.12. The van der Waals surface area contributed by atoms with Gasteiger partial charge < -0.3 is 10.9 Å². The van der Waals surface area contributed by atoms with Gasteiger partial charge in [0.05, 0.1) is 17.1 Å². The number of aromatic nitrogens is 2. The number of hydrogen-bond donors (Lipinski definition) is 2. The molecule has 0 aliphatic heterocycles. The predicted molar refractivity (Wildman–Crippen MR) is 77.0 cm³/mol. The molecule has 3 N–H and O–H groups in total. The third-order valence-corrected chi connectivity index (χ3v) is 3.81. The van der Waals surface area contributed by atoms with Crippen molar-refractivity contribution < 1.29 is 9.60 Å². The second-order valence-corrected chi connectivity index (χ2v) is 5.19. The maximum absolute atomic E-state index is 13.0. The fourth-order valence-corrected chi connectivity index (χ4v) is 2.88. The van der Waals surface area contributed by atoms with E-state index in [9.17, 15) is 9.60 Å². The Morgan fingerprint density at radius 1 is 1.24 bits per heavy atom. The smallest absolute Gasteiger partial charge is 0.220 e. The first-order chi connectivity index (χ1) is 10.1. The lowest BCUT2D eigenvalue weighted by molar-refractivity contribution is 0.316. The highest BCUT2D eigenvalue weighted by Crippen LogP contribution is 2.33. The highest BCUT2D eigenvalue weighted by atomic mass is 19.1. The highest BCUT2D eigenvalue weighted by Gasteiger charge is 2.28. The van der Waals surface area contributed by atoms with Crippen molar-refractivity contribution in [3.05, 3.63) is 52.6 Å². The zero-order chi connectivity index (χ0) is 15.0. The summed E-state index contributed by atoms with van der Waals surface area (Å²) in [4.78, 5) is 8.39. The summed E-state index contributed by atoms with van der Waals surface area (Å²) < 4.78 is 13.0. The molecule has 0 bridgehead atoms. The first kappa shape index (κ1) is 13.5. The molecular formula is C15H15FN4O. The van der Waals surface area contributed by atoms with Gasteiger partial charge in [0.1, 0.15) is 5.82 Å². The van der Waals surface area contributed by atoms with Crippen molar-refractivity contribution in [2.45, 2.75) is 25.7 Å². The highest BCUT2D eigenvalue weighted by molar-refractivity contribution is 6.03. The average Bonchev–Trinajstić information content (AvgIpc) is 2.46. The first-order valence-corrected chi connectivity index (χ1v) is 6.68. The molecule has 108 valence electrons. The summed E-state index contributed by atoms with van der Waals surface area (Å²) in [6, 6.07) is 6.36. The van der Waals surface area contributed by atoms with Gasteiger partial charge in [-0.1, -0.05) is 17.3 Å². The molecule has 1 aliphatic rings. The van der Waals surface area contributed by atoms with E-state index in [1.54, 1.807) is 12.1 Å². The quantitative estimate of drug-likeness (QED) is 0.623. The summed E-state index contributed by atoms with van der Waals surface area (Å²) in [5, 5.41) is 12.7. The van der Waals surface area contributed by atoms with Crippen LogP contribution >= 0.6 is 0 Å². The fraction of sp³-hybridized carbons (Fsp3) is 0.267. The summed E-state index contributed by atoms with van der Waals surface area (Å²) in [6.45, 7) is 1.82. The van der Waals surface area contributed by atoms with Gasteiger partial charge in [0, 0.05) is 12.0 Å². The molecule has 6 heteroatoms. The summed E-state index contributed by atoms with van der Waals surface area (Å²) in [6.07, 6.45) is 1.22. The lowest BCUT2D eigenvalue weighted by Gasteiger charge is -2.25. The molecule has 3 rings (SSSR count). The topological polar surface area (TPSA) is 84.4 Å². The lowest BCUT2D eigenvalue weighted by Crippen LogP contribution is -2.23. The Kier molecular flexibility index (Phi) is 3.29. The van der Waals surface area contributed by atoms with Crippen molar-refractivity contribution in [2.24, 2.45) is 5.16 Å². The number of benzene rings is 1. The van der Waals surface area contributed by atoms with Crippen molar-refractivity contribution in [2.75, 3.05) is 5.73 Å². The molecule has 1 unspecified atom stereocenters. The number of fused-ring (bicyclic) bond motifs is 1. The molecule has 1 heterocycles. The number of hydrogen-bond acceptors (Lipinski definition) is 5. The Bertz CT molecular complexity index is 712. The molecule has 1 aromatic heterocycles. The van der Waals surface area contributed by atoms with Crippen LogP contribution in [0.4, 0.5) is 10.3 Å². The van der Waals surface area contributed by atoms with Crippen molar-refractivity contribution in [3.63, 3.8) is 0 Å². The van der Waals surface area contributed by atoms with Crippen LogP contribution in [0.25, 0.3) is 0 Å². The van der Waals surface area contributed by atoms with Gasteiger partial charge >= 0.3 is 0 Å². The molecular weight excluding hydrogens is 271 g/mol. The Morgan fingerprint density at radius 2 is 1.95 bits per heavy atom. The summed E-state index contributed by atoms with van der Waals surface area (Å²) in [5.41, 5.74) is 9.48. The van der Waals surface area contributed by atoms with Crippen LogP contribution in [0.3, 0.4) is 0 Å². The van der Waals surface area contributed by atoms with Crippen molar-refractivity contribution in [1.29, 1.82) is 0 Å². The van der Waals surface area contributed by atoms with Gasteiger partial charge in [-0.15, -0.1) is 0 Å². The molecule has 1 aliphatic carbocycles. The molecule has 1 atom stereocenters. The van der Waals surface area contributed by atoms with E-state index < -0.39 is 0 Å². The molecule has 1 aromatic carbocycles. The van der Waals surface area contributed by atoms with Gasteiger partial charge in [0.2, 0.25) is 5.95 Å². The number of nitrogen functional groups attached to an aromatic ring is 1. The summed E-state index contributed by atoms with van der Waals surface area (Å²) in [5.74, 6) is 0.0226. The zero-order valence-corrected chi connectivity index (χ0v) is 11.5. The van der Waals surface area contributed by atoms with Crippen LogP contribution in [0, 0.1) is 12.7 Å². The predicted octanol–water partition coefficient (Wildman–Crippen LogP) is 2.41. The molecule has 0 radical (unpaired) electrons. The van der Waals surface area contributed by atoms with Crippen LogP contribution in [0.1, 0.15) is 34.9 Å². The van der Waals surface area contributed by atoms with Crippen molar-refractivity contribution in [3.8, 4) is 0 Å². The van der Waals surface area contributed by atoms with Crippen LogP contribution in [0.2, 0.25) is 0 Å². The summed E-state index contributed by atoms with van der Waals surface area (Å²) in [7, 11) is 0.